The second kappa shape index (κ2) is 10.5. The van der Waals surface area contributed by atoms with Crippen LogP contribution in [0.2, 0.25) is 0 Å². The van der Waals surface area contributed by atoms with E-state index in [-0.39, 0.29) is 12.0 Å². The third kappa shape index (κ3) is 5.81. The molecular formula is C24H33N5O3. The highest BCUT2D eigenvalue weighted by Gasteiger charge is 2.21. The van der Waals surface area contributed by atoms with Crippen molar-refractivity contribution in [2.45, 2.75) is 51.6 Å². The molecule has 1 saturated heterocycles. The van der Waals surface area contributed by atoms with Crippen molar-refractivity contribution < 1.29 is 14.3 Å². The van der Waals surface area contributed by atoms with Gasteiger partial charge in [-0.3, -0.25) is 4.79 Å². The van der Waals surface area contributed by atoms with Gasteiger partial charge in [0.1, 0.15) is 5.82 Å². The molecule has 2 aromatic rings. The summed E-state index contributed by atoms with van der Waals surface area (Å²) < 4.78 is 11.7. The Bertz CT molecular complexity index is 908. The van der Waals surface area contributed by atoms with Gasteiger partial charge in [-0.05, 0) is 62.6 Å². The molecule has 0 unspecified atom stereocenters. The van der Waals surface area contributed by atoms with E-state index in [0.29, 0.717) is 17.6 Å². The molecule has 1 aliphatic carbocycles. The lowest BCUT2D eigenvalue weighted by molar-refractivity contribution is -0.130. The molecule has 172 valence electrons. The molecule has 1 aromatic carbocycles. The molecule has 32 heavy (non-hydrogen) atoms. The number of nitrogens with one attached hydrogen (secondary N) is 2. The van der Waals surface area contributed by atoms with Crippen LogP contribution in [0.25, 0.3) is 0 Å². The van der Waals surface area contributed by atoms with Crippen LogP contribution < -0.4 is 20.1 Å². The van der Waals surface area contributed by atoms with E-state index in [4.69, 9.17) is 9.47 Å². The third-order valence-electron chi connectivity index (χ3n) is 6.30. The third-order valence-corrected chi connectivity index (χ3v) is 6.30. The van der Waals surface area contributed by atoms with E-state index < -0.39 is 0 Å². The fourth-order valence-electron chi connectivity index (χ4n) is 4.38. The Balaban J connectivity index is 1.33. The van der Waals surface area contributed by atoms with E-state index in [0.717, 1.165) is 62.6 Å². The van der Waals surface area contributed by atoms with Gasteiger partial charge in [-0.2, -0.15) is 4.98 Å². The molecule has 2 N–H and O–H groups in total. The Hall–Kier alpha value is -3.03. The summed E-state index contributed by atoms with van der Waals surface area (Å²) >= 11 is 0. The number of anilines is 3. The fraction of sp³-hybridized carbons (Fsp3) is 0.542. The van der Waals surface area contributed by atoms with E-state index in [1.165, 1.54) is 12.8 Å². The Morgan fingerprint density at radius 3 is 2.62 bits per heavy atom. The molecule has 2 aliphatic rings. The smallest absolute Gasteiger partial charge is 0.229 e. The summed E-state index contributed by atoms with van der Waals surface area (Å²) in [4.78, 5) is 22.3. The molecule has 8 heteroatoms. The minimum atomic E-state index is 0.165. The van der Waals surface area contributed by atoms with E-state index in [1.807, 2.05) is 29.2 Å². The molecule has 0 atom stereocenters. The molecule has 0 bridgehead atoms. The minimum Gasteiger partial charge on any atom is -0.493 e. The van der Waals surface area contributed by atoms with Crippen molar-refractivity contribution in [1.82, 2.24) is 14.9 Å². The zero-order valence-corrected chi connectivity index (χ0v) is 19.0. The van der Waals surface area contributed by atoms with Gasteiger partial charge in [0, 0.05) is 44.5 Å². The maximum Gasteiger partial charge on any atom is 0.229 e. The maximum atomic E-state index is 11.5. The summed E-state index contributed by atoms with van der Waals surface area (Å²) in [6, 6.07) is 7.68. The number of methoxy groups -OCH3 is 1. The number of hydrogen-bond donors (Lipinski definition) is 2. The first kappa shape index (κ1) is 22.2. The number of ether oxygens (including phenoxy) is 2. The highest BCUT2D eigenvalue weighted by Crippen LogP contribution is 2.34. The molecule has 1 aliphatic heterocycles. The molecule has 0 spiro atoms. The minimum absolute atomic E-state index is 0.165. The summed E-state index contributed by atoms with van der Waals surface area (Å²) in [5.74, 6) is 3.48. The number of carbonyl (C=O) groups excluding carboxylic acids is 1. The van der Waals surface area contributed by atoms with E-state index in [1.54, 1.807) is 20.2 Å². The van der Waals surface area contributed by atoms with Crippen LogP contribution in [0.5, 0.6) is 11.5 Å². The molecule has 0 radical (unpaired) electrons. The molecule has 1 saturated carbocycles. The van der Waals surface area contributed by atoms with Crippen LogP contribution in [-0.2, 0) is 4.79 Å². The van der Waals surface area contributed by atoms with E-state index in [2.05, 4.69) is 20.6 Å². The van der Waals surface area contributed by atoms with Crippen LogP contribution in [0.1, 0.15) is 45.4 Å². The van der Waals surface area contributed by atoms with Crippen LogP contribution in [0.15, 0.2) is 30.5 Å². The lowest BCUT2D eigenvalue weighted by atomic mass is 9.97. The number of benzene rings is 1. The number of rotatable bonds is 8. The predicted octanol–water partition coefficient (Wildman–Crippen LogP) is 4.22. The zero-order chi connectivity index (χ0) is 22.3. The van der Waals surface area contributed by atoms with Crippen molar-refractivity contribution in [2.75, 3.05) is 37.4 Å². The molecular weight excluding hydrogens is 406 g/mol. The van der Waals surface area contributed by atoms with Crippen molar-refractivity contribution in [3.05, 3.63) is 30.5 Å². The van der Waals surface area contributed by atoms with Crippen molar-refractivity contribution in [1.29, 1.82) is 0 Å². The Morgan fingerprint density at radius 2 is 1.91 bits per heavy atom. The lowest BCUT2D eigenvalue weighted by Crippen LogP contribution is -2.38. The quantitative estimate of drug-likeness (QED) is 0.637. The molecule has 4 rings (SSSR count). The molecule has 2 fully saturated rings. The predicted molar refractivity (Wildman–Crippen MR) is 125 cm³/mol. The summed E-state index contributed by atoms with van der Waals surface area (Å²) in [5, 5.41) is 6.67. The molecule has 8 nitrogen and oxygen atoms in total. The van der Waals surface area contributed by atoms with Crippen LogP contribution in [0.4, 0.5) is 17.5 Å². The van der Waals surface area contributed by atoms with E-state index in [9.17, 15) is 4.79 Å². The van der Waals surface area contributed by atoms with Gasteiger partial charge in [0.25, 0.3) is 0 Å². The van der Waals surface area contributed by atoms with E-state index >= 15 is 0 Å². The zero-order valence-electron chi connectivity index (χ0n) is 19.0. The lowest BCUT2D eigenvalue weighted by Gasteiger charge is -2.31. The normalized spacial score (nSPS) is 17.2. The standard InChI is InChI=1S/C24H33N5O3/c1-17(30)29-13-10-18(11-14-29)16-26-23-9-12-25-24(28-23)27-19-7-8-21(22(15-19)31-2)32-20-5-3-4-6-20/h7-9,12,15,18,20H,3-6,10-11,13-14,16H2,1-2H3,(H2,25,26,27,28). The van der Waals surface area contributed by atoms with Gasteiger partial charge in [0.15, 0.2) is 11.5 Å². The van der Waals surface area contributed by atoms with Gasteiger partial charge in [0.2, 0.25) is 11.9 Å². The van der Waals surface area contributed by atoms with Crippen LogP contribution in [0.3, 0.4) is 0 Å². The maximum absolute atomic E-state index is 11.5. The highest BCUT2D eigenvalue weighted by molar-refractivity contribution is 5.73. The van der Waals surface area contributed by atoms with Crippen LogP contribution >= 0.6 is 0 Å². The second-order valence-corrected chi connectivity index (χ2v) is 8.61. The summed E-state index contributed by atoms with van der Waals surface area (Å²) in [6.45, 7) is 4.14. The first-order valence-electron chi connectivity index (χ1n) is 11.5. The first-order chi connectivity index (χ1) is 15.6. The summed E-state index contributed by atoms with van der Waals surface area (Å²) in [7, 11) is 1.66. The SMILES string of the molecule is COc1cc(Nc2nccc(NCC3CCN(C(C)=O)CC3)n2)ccc1OC1CCCC1. The van der Waals surface area contributed by atoms with Gasteiger partial charge in [-0.15, -0.1) is 0 Å². The Labute approximate surface area is 189 Å². The number of piperidine rings is 1. The van der Waals surface area contributed by atoms with Gasteiger partial charge in [-0.25, -0.2) is 4.98 Å². The highest BCUT2D eigenvalue weighted by atomic mass is 16.5. The van der Waals surface area contributed by atoms with Gasteiger partial charge in [-0.1, -0.05) is 0 Å². The van der Waals surface area contributed by atoms with Crippen LogP contribution in [0, 0.1) is 5.92 Å². The number of hydrogen-bond acceptors (Lipinski definition) is 7. The second-order valence-electron chi connectivity index (χ2n) is 8.61. The number of amides is 1. The van der Waals surface area contributed by atoms with Crippen molar-refractivity contribution in [2.24, 2.45) is 5.92 Å². The fourth-order valence-corrected chi connectivity index (χ4v) is 4.38. The van der Waals surface area contributed by atoms with Gasteiger partial charge >= 0.3 is 0 Å². The van der Waals surface area contributed by atoms with Crippen molar-refractivity contribution in [3.8, 4) is 11.5 Å². The Kier molecular flexibility index (Phi) is 7.29. The largest absolute Gasteiger partial charge is 0.493 e. The Morgan fingerprint density at radius 1 is 1.12 bits per heavy atom. The first-order valence-corrected chi connectivity index (χ1v) is 11.5. The topological polar surface area (TPSA) is 88.6 Å². The van der Waals surface area contributed by atoms with Crippen LogP contribution in [-0.4, -0.2) is 53.6 Å². The van der Waals surface area contributed by atoms with Crippen molar-refractivity contribution >= 4 is 23.4 Å². The summed E-state index contributed by atoms with van der Waals surface area (Å²) in [5.41, 5.74) is 0.842. The molecule has 2 heterocycles. The number of aromatic nitrogens is 2. The number of nitrogens with zero attached hydrogens (tertiary/aromatic N) is 3. The summed E-state index contributed by atoms with van der Waals surface area (Å²) in [6.07, 6.45) is 8.71. The number of likely N-dealkylation sites (tertiary alicyclic amines) is 1. The number of carbonyl (C=O) groups is 1. The monoisotopic (exact) mass is 439 g/mol. The van der Waals surface area contributed by atoms with Gasteiger partial charge < -0.3 is 25.0 Å². The van der Waals surface area contributed by atoms with Crippen molar-refractivity contribution in [3.63, 3.8) is 0 Å². The van der Waals surface area contributed by atoms with Gasteiger partial charge in [0.05, 0.1) is 13.2 Å². The average Bonchev–Trinajstić information content (AvgIpc) is 3.32. The molecule has 1 amide bonds. The molecule has 1 aromatic heterocycles. The average molecular weight is 440 g/mol.